The summed E-state index contributed by atoms with van der Waals surface area (Å²) in [4.78, 5) is 28.8. The van der Waals surface area contributed by atoms with Gasteiger partial charge >= 0.3 is 0 Å². The zero-order valence-corrected chi connectivity index (χ0v) is 14.9. The minimum atomic E-state index is -0.566. The summed E-state index contributed by atoms with van der Waals surface area (Å²) in [5.74, 6) is -0.121. The van der Waals surface area contributed by atoms with Gasteiger partial charge in [-0.25, -0.2) is 4.98 Å². The molecule has 0 bridgehead atoms. The lowest BCUT2D eigenvalue weighted by Gasteiger charge is -2.19. The number of anilines is 1. The van der Waals surface area contributed by atoms with Gasteiger partial charge in [0.1, 0.15) is 5.82 Å². The summed E-state index contributed by atoms with van der Waals surface area (Å²) < 4.78 is 0.826. The SMILES string of the molecule is CC[C@H](N)C(=O)N(C)CC(=O)Nc1ccc(Br)cn1.Cl.Cl. The van der Waals surface area contributed by atoms with Crippen LogP contribution in [0.3, 0.4) is 0 Å². The van der Waals surface area contributed by atoms with E-state index in [1.165, 1.54) is 4.90 Å². The maximum absolute atomic E-state index is 11.7. The van der Waals surface area contributed by atoms with Gasteiger partial charge in [0, 0.05) is 17.7 Å². The summed E-state index contributed by atoms with van der Waals surface area (Å²) in [6.45, 7) is 1.77. The number of hydrogen-bond donors (Lipinski definition) is 2. The molecule has 0 aliphatic rings. The van der Waals surface area contributed by atoms with Crippen molar-refractivity contribution in [2.24, 2.45) is 5.73 Å². The summed E-state index contributed by atoms with van der Waals surface area (Å²) >= 11 is 3.25. The smallest absolute Gasteiger partial charge is 0.245 e. The molecule has 0 unspecified atom stereocenters. The Morgan fingerprint density at radius 3 is 2.52 bits per heavy atom. The Labute approximate surface area is 144 Å². The van der Waals surface area contributed by atoms with Gasteiger partial charge in [0.15, 0.2) is 0 Å². The first-order chi connectivity index (χ1) is 8.93. The molecule has 0 radical (unpaired) electrons. The van der Waals surface area contributed by atoms with Crippen molar-refractivity contribution < 1.29 is 9.59 Å². The van der Waals surface area contributed by atoms with Crippen molar-refractivity contribution in [2.75, 3.05) is 18.9 Å². The molecule has 1 atom stereocenters. The highest BCUT2D eigenvalue weighted by Crippen LogP contribution is 2.10. The van der Waals surface area contributed by atoms with Gasteiger partial charge in [-0.05, 0) is 34.5 Å². The zero-order valence-electron chi connectivity index (χ0n) is 11.7. The van der Waals surface area contributed by atoms with E-state index in [0.717, 1.165) is 4.47 Å². The van der Waals surface area contributed by atoms with Crippen molar-refractivity contribution in [2.45, 2.75) is 19.4 Å². The first-order valence-electron chi connectivity index (χ1n) is 5.86. The van der Waals surface area contributed by atoms with E-state index in [0.29, 0.717) is 12.2 Å². The van der Waals surface area contributed by atoms with Crippen LogP contribution in [0.25, 0.3) is 0 Å². The molecule has 1 aromatic rings. The van der Waals surface area contributed by atoms with Crippen molar-refractivity contribution in [1.29, 1.82) is 0 Å². The highest BCUT2D eigenvalue weighted by atomic mass is 79.9. The minimum absolute atomic E-state index is 0. The van der Waals surface area contributed by atoms with Crippen LogP contribution in [-0.2, 0) is 9.59 Å². The summed E-state index contributed by atoms with van der Waals surface area (Å²) in [6, 6.07) is 2.87. The Kier molecular flexibility index (Phi) is 11.5. The average molecular weight is 402 g/mol. The number of amides is 2. The fourth-order valence-corrected chi connectivity index (χ4v) is 1.62. The minimum Gasteiger partial charge on any atom is -0.335 e. The second-order valence-electron chi connectivity index (χ2n) is 4.12. The van der Waals surface area contributed by atoms with E-state index < -0.39 is 6.04 Å². The van der Waals surface area contributed by atoms with Crippen LogP contribution in [0.1, 0.15) is 13.3 Å². The molecular weight excluding hydrogens is 383 g/mol. The van der Waals surface area contributed by atoms with Gasteiger partial charge in [-0.1, -0.05) is 6.92 Å². The number of rotatable bonds is 5. The molecule has 0 saturated heterocycles. The first kappa shape index (κ1) is 22.4. The Bertz CT molecular complexity index is 459. The third kappa shape index (κ3) is 7.61. The van der Waals surface area contributed by atoms with E-state index in [-0.39, 0.29) is 43.2 Å². The van der Waals surface area contributed by atoms with Crippen molar-refractivity contribution in [3.63, 3.8) is 0 Å². The second-order valence-corrected chi connectivity index (χ2v) is 5.03. The van der Waals surface area contributed by atoms with Crippen LogP contribution < -0.4 is 11.1 Å². The Hall–Kier alpha value is -0.890. The summed E-state index contributed by atoms with van der Waals surface area (Å²) in [5.41, 5.74) is 5.62. The number of nitrogens with one attached hydrogen (secondary N) is 1. The second kappa shape index (κ2) is 10.8. The Morgan fingerprint density at radius 2 is 2.05 bits per heavy atom. The number of carbonyl (C=O) groups is 2. The van der Waals surface area contributed by atoms with Gasteiger partial charge in [0.25, 0.3) is 0 Å². The molecule has 0 fully saturated rings. The Balaban J connectivity index is 0. The van der Waals surface area contributed by atoms with E-state index in [1.54, 1.807) is 25.4 Å². The lowest BCUT2D eigenvalue weighted by atomic mass is 10.2. The van der Waals surface area contributed by atoms with Crippen LogP contribution in [0.4, 0.5) is 5.82 Å². The summed E-state index contributed by atoms with van der Waals surface area (Å²) in [5, 5.41) is 2.61. The number of hydrogen-bond acceptors (Lipinski definition) is 4. The first-order valence-corrected chi connectivity index (χ1v) is 6.65. The Morgan fingerprint density at radius 1 is 1.43 bits per heavy atom. The summed E-state index contributed by atoms with van der Waals surface area (Å²) in [7, 11) is 1.55. The summed E-state index contributed by atoms with van der Waals surface area (Å²) in [6.07, 6.45) is 2.12. The average Bonchev–Trinajstić information content (AvgIpc) is 2.39. The number of likely N-dealkylation sites (N-methyl/N-ethyl adjacent to an activating group) is 1. The molecule has 3 N–H and O–H groups in total. The number of aromatic nitrogens is 1. The lowest BCUT2D eigenvalue weighted by molar-refractivity contribution is -0.134. The third-order valence-electron chi connectivity index (χ3n) is 2.51. The van der Waals surface area contributed by atoms with E-state index in [4.69, 9.17) is 5.73 Å². The topological polar surface area (TPSA) is 88.3 Å². The van der Waals surface area contributed by atoms with E-state index in [2.05, 4.69) is 26.2 Å². The zero-order chi connectivity index (χ0) is 14.4. The van der Waals surface area contributed by atoms with Gasteiger partial charge < -0.3 is 16.0 Å². The van der Waals surface area contributed by atoms with E-state index in [9.17, 15) is 9.59 Å². The van der Waals surface area contributed by atoms with Gasteiger partial charge in [-0.3, -0.25) is 9.59 Å². The maximum Gasteiger partial charge on any atom is 0.245 e. The maximum atomic E-state index is 11.7. The molecular formula is C12H19BrCl2N4O2. The standard InChI is InChI=1S/C12H17BrN4O2.2ClH/c1-3-9(14)12(19)17(2)7-11(18)16-10-5-4-8(13)6-15-10;;/h4-6,9H,3,7,14H2,1-2H3,(H,15,16,18);2*1H/t9-;;/m0../s1. The predicted molar refractivity (Wildman–Crippen MR) is 91.0 cm³/mol. The molecule has 21 heavy (non-hydrogen) atoms. The van der Waals surface area contributed by atoms with Crippen molar-refractivity contribution in [1.82, 2.24) is 9.88 Å². The fourth-order valence-electron chi connectivity index (χ4n) is 1.38. The van der Waals surface area contributed by atoms with E-state index in [1.807, 2.05) is 6.92 Å². The van der Waals surface area contributed by atoms with Crippen LogP contribution in [-0.4, -0.2) is 41.3 Å². The molecule has 9 heteroatoms. The molecule has 0 aliphatic carbocycles. The quantitative estimate of drug-likeness (QED) is 0.787. The van der Waals surface area contributed by atoms with Gasteiger partial charge in [0.05, 0.1) is 12.6 Å². The molecule has 0 aromatic carbocycles. The molecule has 1 heterocycles. The van der Waals surface area contributed by atoms with Gasteiger partial charge in [0.2, 0.25) is 11.8 Å². The number of halogens is 3. The molecule has 0 spiro atoms. The molecule has 0 saturated carbocycles. The van der Waals surface area contributed by atoms with Crippen LogP contribution in [0.5, 0.6) is 0 Å². The van der Waals surface area contributed by atoms with Crippen LogP contribution in [0, 0.1) is 0 Å². The van der Waals surface area contributed by atoms with Crippen LogP contribution in [0.2, 0.25) is 0 Å². The molecule has 1 rings (SSSR count). The highest BCUT2D eigenvalue weighted by Gasteiger charge is 2.18. The number of carbonyl (C=O) groups excluding carboxylic acids is 2. The number of nitrogens with zero attached hydrogens (tertiary/aromatic N) is 2. The largest absolute Gasteiger partial charge is 0.335 e. The highest BCUT2D eigenvalue weighted by molar-refractivity contribution is 9.10. The predicted octanol–water partition coefficient (Wildman–Crippen LogP) is 1.82. The molecule has 6 nitrogen and oxygen atoms in total. The molecule has 0 aliphatic heterocycles. The van der Waals surface area contributed by atoms with Crippen molar-refractivity contribution in [3.8, 4) is 0 Å². The van der Waals surface area contributed by atoms with Gasteiger partial charge in [-0.2, -0.15) is 0 Å². The molecule has 120 valence electrons. The molecule has 2 amide bonds. The van der Waals surface area contributed by atoms with Crippen molar-refractivity contribution >= 4 is 58.4 Å². The normalized spacial score (nSPS) is 10.7. The number of pyridine rings is 1. The monoisotopic (exact) mass is 400 g/mol. The van der Waals surface area contributed by atoms with Crippen molar-refractivity contribution in [3.05, 3.63) is 22.8 Å². The van der Waals surface area contributed by atoms with E-state index >= 15 is 0 Å². The third-order valence-corrected chi connectivity index (χ3v) is 2.98. The fraction of sp³-hybridized carbons (Fsp3) is 0.417. The number of nitrogens with two attached hydrogens (primary N) is 1. The lowest BCUT2D eigenvalue weighted by Crippen LogP contribution is -2.44. The van der Waals surface area contributed by atoms with Crippen LogP contribution in [0.15, 0.2) is 22.8 Å². The molecule has 1 aromatic heterocycles. The van der Waals surface area contributed by atoms with Crippen LogP contribution >= 0.6 is 40.7 Å². The van der Waals surface area contributed by atoms with Gasteiger partial charge in [-0.15, -0.1) is 24.8 Å².